The second kappa shape index (κ2) is 8.28. The Kier molecular flexibility index (Phi) is 5.71. The molecule has 1 N–H and O–H groups in total. The molecular weight excluding hydrogens is 422 g/mol. The third kappa shape index (κ3) is 3.38. The number of β-amino-alcohol motifs (C(OH)–C–C–N with tert-alkyl or cyclic N) is 1. The van der Waals surface area contributed by atoms with Gasteiger partial charge in [0.05, 0.1) is 18.3 Å². The number of aliphatic hydroxyl groups is 1. The minimum absolute atomic E-state index is 0.0368. The summed E-state index contributed by atoms with van der Waals surface area (Å²) in [5.41, 5.74) is 5.04. The van der Waals surface area contributed by atoms with Crippen molar-refractivity contribution >= 4 is 5.78 Å². The smallest absolute Gasteiger partial charge is 0.155 e. The molecule has 2 saturated heterocycles. The molecule has 2 saturated carbocycles. The molecule has 34 heavy (non-hydrogen) atoms. The minimum atomic E-state index is -0.0368. The lowest BCUT2D eigenvalue weighted by molar-refractivity contribution is -0.116. The standard InChI is InChI=1S/C30H45NO3/c1-18-13-27-28(31(17-18)11-12-32)20(3)30(34-27)10-8-23-24-6-5-21-14-22(33)7-9-29(21,4)26(24)15-25(23)19(2)16-30/h14,18,20,23-24,26-28,32H,5-13,15-17H2,1-4H3/t18-,20+,23-,24-,26-,27+,28?,29-,30-/m0/s1. The van der Waals surface area contributed by atoms with E-state index in [0.29, 0.717) is 35.7 Å². The highest BCUT2D eigenvalue weighted by Gasteiger charge is 2.59. The van der Waals surface area contributed by atoms with Gasteiger partial charge in [0.1, 0.15) is 0 Å². The maximum absolute atomic E-state index is 12.1. The minimum Gasteiger partial charge on any atom is -0.395 e. The van der Waals surface area contributed by atoms with Gasteiger partial charge in [-0.25, -0.2) is 0 Å². The molecule has 4 heteroatoms. The first kappa shape index (κ1) is 23.4. The van der Waals surface area contributed by atoms with E-state index < -0.39 is 0 Å². The number of aliphatic hydroxyl groups excluding tert-OH is 1. The van der Waals surface area contributed by atoms with Gasteiger partial charge in [0, 0.05) is 31.5 Å². The van der Waals surface area contributed by atoms with Crippen molar-refractivity contribution < 1.29 is 14.6 Å². The molecule has 1 spiro atoms. The van der Waals surface area contributed by atoms with Gasteiger partial charge in [0.2, 0.25) is 0 Å². The molecule has 6 rings (SSSR count). The van der Waals surface area contributed by atoms with E-state index in [0.717, 1.165) is 57.0 Å². The Morgan fingerprint density at radius 2 is 2.03 bits per heavy atom. The molecular formula is C30H45NO3. The molecule has 0 aromatic rings. The topological polar surface area (TPSA) is 49.8 Å². The number of piperidine rings is 1. The number of ether oxygens (including phenoxy) is 1. The molecule has 9 atom stereocenters. The van der Waals surface area contributed by atoms with Crippen molar-refractivity contribution in [3.8, 4) is 0 Å². The van der Waals surface area contributed by atoms with Crippen LogP contribution in [-0.4, -0.2) is 53.2 Å². The van der Waals surface area contributed by atoms with E-state index in [2.05, 4.69) is 32.6 Å². The van der Waals surface area contributed by atoms with Crippen LogP contribution in [0.4, 0.5) is 0 Å². The van der Waals surface area contributed by atoms with Gasteiger partial charge in [-0.3, -0.25) is 9.69 Å². The fourth-order valence-electron chi connectivity index (χ4n) is 9.89. The van der Waals surface area contributed by atoms with Crippen molar-refractivity contribution in [3.63, 3.8) is 0 Å². The molecule has 2 aliphatic heterocycles. The Bertz CT molecular complexity index is 922. The van der Waals surface area contributed by atoms with E-state index in [1.807, 2.05) is 6.08 Å². The normalized spacial score (nSPS) is 48.8. The number of nitrogens with zero attached hydrogens (tertiary/aromatic N) is 1. The summed E-state index contributed by atoms with van der Waals surface area (Å²) in [6.07, 6.45) is 12.5. The maximum atomic E-state index is 12.1. The SMILES string of the molecule is CC1=C2C[C@H]3[C@@H](CCC4=CC(=O)CC[C@@]43C)[C@@H]2CC[C@@]2(C1)O[C@@H]1C[C@H](C)CN(CCO)C1[C@H]2C. The molecule has 1 unspecified atom stereocenters. The van der Waals surface area contributed by atoms with Crippen molar-refractivity contribution in [3.05, 3.63) is 22.8 Å². The zero-order chi connectivity index (χ0) is 23.8. The summed E-state index contributed by atoms with van der Waals surface area (Å²) >= 11 is 0. The molecule has 2 heterocycles. The fraction of sp³-hybridized carbons (Fsp3) is 0.833. The Morgan fingerprint density at radius 1 is 1.21 bits per heavy atom. The summed E-state index contributed by atoms with van der Waals surface area (Å²) in [5.74, 6) is 3.70. The molecule has 0 radical (unpaired) electrons. The number of carbonyl (C=O) groups is 1. The third-order valence-corrected chi connectivity index (χ3v) is 11.5. The van der Waals surface area contributed by atoms with Crippen LogP contribution < -0.4 is 0 Å². The molecule has 4 nitrogen and oxygen atoms in total. The van der Waals surface area contributed by atoms with Crippen molar-refractivity contribution in [1.82, 2.24) is 4.90 Å². The molecule has 4 aliphatic carbocycles. The lowest BCUT2D eigenvalue weighted by Crippen LogP contribution is -2.52. The van der Waals surface area contributed by atoms with E-state index in [-0.39, 0.29) is 17.6 Å². The van der Waals surface area contributed by atoms with Gasteiger partial charge in [-0.15, -0.1) is 0 Å². The monoisotopic (exact) mass is 467 g/mol. The number of likely N-dealkylation sites (tertiary alicyclic amines) is 1. The molecule has 0 bridgehead atoms. The summed E-state index contributed by atoms with van der Waals surface area (Å²) in [5, 5.41) is 9.72. The summed E-state index contributed by atoms with van der Waals surface area (Å²) in [7, 11) is 0. The van der Waals surface area contributed by atoms with Gasteiger partial charge >= 0.3 is 0 Å². The van der Waals surface area contributed by atoms with E-state index in [1.54, 1.807) is 11.1 Å². The Morgan fingerprint density at radius 3 is 2.82 bits per heavy atom. The van der Waals surface area contributed by atoms with Crippen LogP contribution in [0.5, 0.6) is 0 Å². The number of hydrogen-bond donors (Lipinski definition) is 1. The maximum Gasteiger partial charge on any atom is 0.155 e. The quantitative estimate of drug-likeness (QED) is 0.560. The Balaban J connectivity index is 1.29. The molecule has 0 amide bonds. The molecule has 0 aromatic heterocycles. The second-order valence-electron chi connectivity index (χ2n) is 13.3. The third-order valence-electron chi connectivity index (χ3n) is 11.5. The number of rotatable bonds is 2. The zero-order valence-corrected chi connectivity index (χ0v) is 21.8. The Labute approximate surface area is 206 Å². The summed E-state index contributed by atoms with van der Waals surface area (Å²) in [6, 6.07) is 0.452. The summed E-state index contributed by atoms with van der Waals surface area (Å²) in [6.45, 7) is 11.8. The average molecular weight is 468 g/mol. The lowest BCUT2D eigenvalue weighted by Gasteiger charge is -2.48. The highest BCUT2D eigenvalue weighted by Crippen LogP contribution is 2.64. The first-order valence-electron chi connectivity index (χ1n) is 14.2. The predicted octanol–water partition coefficient (Wildman–Crippen LogP) is 5.30. The van der Waals surface area contributed by atoms with Crippen LogP contribution in [-0.2, 0) is 9.53 Å². The highest BCUT2D eigenvalue weighted by molar-refractivity contribution is 5.91. The molecule has 188 valence electrons. The zero-order valence-electron chi connectivity index (χ0n) is 21.8. The summed E-state index contributed by atoms with van der Waals surface area (Å²) in [4.78, 5) is 14.7. The van der Waals surface area contributed by atoms with Crippen LogP contribution in [0.1, 0.15) is 85.5 Å². The van der Waals surface area contributed by atoms with Gasteiger partial charge in [-0.1, -0.05) is 37.5 Å². The van der Waals surface area contributed by atoms with Crippen molar-refractivity contribution in [1.29, 1.82) is 0 Å². The fourth-order valence-corrected chi connectivity index (χ4v) is 9.89. The molecule has 4 fully saturated rings. The van der Waals surface area contributed by atoms with Gasteiger partial charge in [0.15, 0.2) is 5.78 Å². The number of fused-ring (bicyclic) bond motifs is 6. The van der Waals surface area contributed by atoms with Crippen molar-refractivity contribution in [2.75, 3.05) is 19.7 Å². The van der Waals surface area contributed by atoms with Crippen LogP contribution in [0.3, 0.4) is 0 Å². The van der Waals surface area contributed by atoms with Crippen molar-refractivity contribution in [2.45, 2.75) is 103 Å². The first-order chi connectivity index (χ1) is 16.3. The van der Waals surface area contributed by atoms with E-state index >= 15 is 0 Å². The van der Waals surface area contributed by atoms with E-state index in [1.165, 1.54) is 31.3 Å². The van der Waals surface area contributed by atoms with Crippen molar-refractivity contribution in [2.24, 2.45) is 35.0 Å². The first-order valence-corrected chi connectivity index (χ1v) is 14.2. The van der Waals surface area contributed by atoms with E-state index in [9.17, 15) is 9.90 Å². The number of allylic oxidation sites excluding steroid dienone is 3. The van der Waals surface area contributed by atoms with Crippen LogP contribution in [0.25, 0.3) is 0 Å². The molecule has 6 aliphatic rings. The van der Waals surface area contributed by atoms with Gasteiger partial charge < -0.3 is 9.84 Å². The van der Waals surface area contributed by atoms with Gasteiger partial charge in [0.25, 0.3) is 0 Å². The van der Waals surface area contributed by atoms with Crippen LogP contribution in [0.15, 0.2) is 22.8 Å². The second-order valence-corrected chi connectivity index (χ2v) is 13.3. The summed E-state index contributed by atoms with van der Waals surface area (Å²) < 4.78 is 7.12. The van der Waals surface area contributed by atoms with Crippen LogP contribution in [0, 0.1) is 35.0 Å². The van der Waals surface area contributed by atoms with Gasteiger partial charge in [-0.2, -0.15) is 0 Å². The number of hydrogen-bond acceptors (Lipinski definition) is 4. The average Bonchev–Trinajstić information content (AvgIpc) is 3.25. The van der Waals surface area contributed by atoms with Gasteiger partial charge in [-0.05, 0) is 93.5 Å². The molecule has 0 aromatic carbocycles. The van der Waals surface area contributed by atoms with E-state index in [4.69, 9.17) is 4.74 Å². The number of carbonyl (C=O) groups excluding carboxylic acids is 1. The lowest BCUT2D eigenvalue weighted by atomic mass is 9.56. The Hall–Kier alpha value is -0.970. The van der Waals surface area contributed by atoms with Crippen LogP contribution in [0.2, 0.25) is 0 Å². The van der Waals surface area contributed by atoms with Crippen LogP contribution >= 0.6 is 0 Å². The largest absolute Gasteiger partial charge is 0.395 e. The predicted molar refractivity (Wildman–Crippen MR) is 134 cm³/mol. The highest BCUT2D eigenvalue weighted by atomic mass is 16.5. The number of ketones is 1.